The van der Waals surface area contributed by atoms with Crippen LogP contribution in [0.15, 0.2) is 12.7 Å². The van der Waals surface area contributed by atoms with E-state index in [9.17, 15) is 0 Å². The summed E-state index contributed by atoms with van der Waals surface area (Å²) in [5, 5.41) is 0. The van der Waals surface area contributed by atoms with Gasteiger partial charge in [-0.05, 0) is 0 Å². The van der Waals surface area contributed by atoms with Crippen molar-refractivity contribution in [1.29, 1.82) is 0 Å². The topological polar surface area (TPSA) is 0 Å². The third-order valence-corrected chi connectivity index (χ3v) is 4.95. The molecule has 2 saturated carbocycles. The number of hydrogen-bond acceptors (Lipinski definition) is 0. The van der Waals surface area contributed by atoms with Crippen molar-refractivity contribution in [3.63, 3.8) is 0 Å². The molecule has 0 spiro atoms. The SMILES string of the molecule is C=CCB(C1CCCCC1)C1CCCCC1. The number of rotatable bonds is 4. The lowest BCUT2D eigenvalue weighted by Gasteiger charge is -2.35. The van der Waals surface area contributed by atoms with E-state index in [0.29, 0.717) is 0 Å². The van der Waals surface area contributed by atoms with Crippen molar-refractivity contribution in [3.8, 4) is 0 Å². The molecule has 0 bridgehead atoms. The number of hydrogen-bond donors (Lipinski definition) is 0. The first kappa shape index (κ1) is 12.3. The van der Waals surface area contributed by atoms with E-state index in [1.807, 2.05) is 0 Å². The van der Waals surface area contributed by atoms with Gasteiger partial charge in [0.05, 0.1) is 0 Å². The molecule has 2 aliphatic rings. The molecule has 0 amide bonds. The van der Waals surface area contributed by atoms with Crippen LogP contribution >= 0.6 is 0 Å². The second-order valence-electron chi connectivity index (χ2n) is 5.98. The first-order valence-electron chi connectivity index (χ1n) is 7.52. The van der Waals surface area contributed by atoms with E-state index in [2.05, 4.69) is 12.7 Å². The summed E-state index contributed by atoms with van der Waals surface area (Å²) in [7, 11) is 0. The Kier molecular flexibility index (Phi) is 5.00. The minimum Gasteiger partial charge on any atom is -0.104 e. The Hall–Kier alpha value is -0.195. The first-order valence-corrected chi connectivity index (χ1v) is 7.52. The minimum atomic E-state index is 0.984. The summed E-state index contributed by atoms with van der Waals surface area (Å²) in [6, 6.07) is 0. The van der Waals surface area contributed by atoms with Crippen molar-refractivity contribution in [2.45, 2.75) is 82.2 Å². The molecule has 0 heterocycles. The fourth-order valence-corrected chi connectivity index (χ4v) is 4.09. The Balaban J connectivity index is 1.93. The first-order chi connectivity index (χ1) is 7.92. The lowest BCUT2D eigenvalue weighted by Crippen LogP contribution is -2.29. The third kappa shape index (κ3) is 3.15. The maximum absolute atomic E-state index is 3.99. The second kappa shape index (κ2) is 6.52. The molecule has 16 heavy (non-hydrogen) atoms. The second-order valence-corrected chi connectivity index (χ2v) is 5.98. The van der Waals surface area contributed by atoms with E-state index in [4.69, 9.17) is 0 Å². The minimum absolute atomic E-state index is 0.984. The Morgan fingerprint density at radius 1 is 0.812 bits per heavy atom. The van der Waals surface area contributed by atoms with E-state index in [0.717, 1.165) is 18.3 Å². The molecular formula is C15H27B. The van der Waals surface area contributed by atoms with Crippen LogP contribution in [0.4, 0.5) is 0 Å². The molecule has 1 heteroatoms. The van der Waals surface area contributed by atoms with Crippen molar-refractivity contribution >= 4 is 6.71 Å². The van der Waals surface area contributed by atoms with Crippen molar-refractivity contribution in [2.24, 2.45) is 0 Å². The van der Waals surface area contributed by atoms with Gasteiger partial charge in [0, 0.05) is 0 Å². The molecule has 0 aromatic heterocycles. The lowest BCUT2D eigenvalue weighted by molar-refractivity contribution is 0.461. The number of allylic oxidation sites excluding steroid dienone is 1. The van der Waals surface area contributed by atoms with Gasteiger partial charge in [-0.25, -0.2) is 0 Å². The van der Waals surface area contributed by atoms with E-state index >= 15 is 0 Å². The van der Waals surface area contributed by atoms with Crippen LogP contribution in [0.2, 0.25) is 18.0 Å². The van der Waals surface area contributed by atoms with Crippen molar-refractivity contribution in [1.82, 2.24) is 0 Å². The molecule has 2 aliphatic carbocycles. The Bertz CT molecular complexity index is 181. The molecule has 0 nitrogen and oxygen atoms in total. The quantitative estimate of drug-likeness (QED) is 0.441. The monoisotopic (exact) mass is 218 g/mol. The smallest absolute Gasteiger partial charge is 0.104 e. The molecule has 0 saturated heterocycles. The fourth-order valence-electron chi connectivity index (χ4n) is 4.09. The molecule has 0 aromatic rings. The Morgan fingerprint density at radius 2 is 1.25 bits per heavy atom. The van der Waals surface area contributed by atoms with E-state index in [1.165, 1.54) is 70.5 Å². The van der Waals surface area contributed by atoms with E-state index < -0.39 is 0 Å². The largest absolute Gasteiger partial charge is 0.150 e. The van der Waals surface area contributed by atoms with Crippen LogP contribution < -0.4 is 0 Å². The Labute approximate surface area is 102 Å². The summed E-state index contributed by atoms with van der Waals surface area (Å²) in [5.74, 6) is 2.07. The molecule has 0 aromatic carbocycles. The molecular weight excluding hydrogens is 191 g/mol. The van der Waals surface area contributed by atoms with Crippen molar-refractivity contribution < 1.29 is 0 Å². The van der Waals surface area contributed by atoms with Gasteiger partial charge in [0.2, 0.25) is 0 Å². The maximum Gasteiger partial charge on any atom is 0.150 e. The summed E-state index contributed by atoms with van der Waals surface area (Å²) in [4.78, 5) is 0. The van der Waals surface area contributed by atoms with Gasteiger partial charge in [-0.1, -0.05) is 88.2 Å². The zero-order valence-electron chi connectivity index (χ0n) is 10.8. The fraction of sp³-hybridized carbons (Fsp3) is 0.867. The van der Waals surface area contributed by atoms with Crippen LogP contribution in [0.25, 0.3) is 0 Å². The average Bonchev–Trinajstić information content (AvgIpc) is 2.38. The highest BCUT2D eigenvalue weighted by Crippen LogP contribution is 2.42. The zero-order chi connectivity index (χ0) is 11.2. The Morgan fingerprint density at radius 3 is 1.62 bits per heavy atom. The van der Waals surface area contributed by atoms with E-state index in [-0.39, 0.29) is 0 Å². The van der Waals surface area contributed by atoms with Gasteiger partial charge in [-0.3, -0.25) is 0 Å². The summed E-state index contributed by atoms with van der Waals surface area (Å²) in [6.45, 7) is 4.97. The van der Waals surface area contributed by atoms with Crippen LogP contribution in [-0.2, 0) is 0 Å². The van der Waals surface area contributed by atoms with Gasteiger partial charge < -0.3 is 0 Å². The average molecular weight is 218 g/mol. The van der Waals surface area contributed by atoms with Gasteiger partial charge in [-0.15, -0.1) is 6.58 Å². The maximum atomic E-state index is 3.99. The molecule has 0 aliphatic heterocycles. The summed E-state index contributed by atoms with van der Waals surface area (Å²) >= 11 is 0. The predicted molar refractivity (Wildman–Crippen MR) is 74.4 cm³/mol. The molecule has 0 radical (unpaired) electrons. The highest BCUT2D eigenvalue weighted by Gasteiger charge is 2.33. The third-order valence-electron chi connectivity index (χ3n) is 4.95. The predicted octanol–water partition coefficient (Wildman–Crippen LogP) is 5.34. The molecule has 2 rings (SSSR count). The normalized spacial score (nSPS) is 24.2. The highest BCUT2D eigenvalue weighted by atomic mass is 14.2. The van der Waals surface area contributed by atoms with Crippen LogP contribution in [-0.4, -0.2) is 6.71 Å². The molecule has 0 atom stereocenters. The van der Waals surface area contributed by atoms with E-state index in [1.54, 1.807) is 0 Å². The molecule has 90 valence electrons. The summed E-state index contributed by atoms with van der Waals surface area (Å²) < 4.78 is 0. The van der Waals surface area contributed by atoms with Gasteiger partial charge in [0.1, 0.15) is 6.71 Å². The standard InChI is InChI=1S/C15H27B/c1-2-13-16(14-9-5-3-6-10-14)15-11-7-4-8-12-15/h2,14-15H,1,3-13H2. The van der Waals surface area contributed by atoms with Crippen LogP contribution in [0, 0.1) is 0 Å². The lowest BCUT2D eigenvalue weighted by atomic mass is 9.29. The highest BCUT2D eigenvalue weighted by molar-refractivity contribution is 6.62. The van der Waals surface area contributed by atoms with Gasteiger partial charge >= 0.3 is 0 Å². The van der Waals surface area contributed by atoms with Crippen molar-refractivity contribution in [2.75, 3.05) is 0 Å². The van der Waals surface area contributed by atoms with Crippen LogP contribution in [0.3, 0.4) is 0 Å². The van der Waals surface area contributed by atoms with Crippen LogP contribution in [0.1, 0.15) is 64.2 Å². The molecule has 2 fully saturated rings. The summed E-state index contributed by atoms with van der Waals surface area (Å²) in [5.41, 5.74) is 0. The van der Waals surface area contributed by atoms with Gasteiger partial charge in [-0.2, -0.15) is 0 Å². The molecule has 0 N–H and O–H groups in total. The van der Waals surface area contributed by atoms with Gasteiger partial charge in [0.25, 0.3) is 0 Å². The van der Waals surface area contributed by atoms with Crippen molar-refractivity contribution in [3.05, 3.63) is 12.7 Å². The molecule has 0 unspecified atom stereocenters. The van der Waals surface area contributed by atoms with Crippen LogP contribution in [0.5, 0.6) is 0 Å². The van der Waals surface area contributed by atoms with Gasteiger partial charge in [0.15, 0.2) is 0 Å². The zero-order valence-corrected chi connectivity index (χ0v) is 10.8. The summed E-state index contributed by atoms with van der Waals surface area (Å²) in [6.07, 6.45) is 18.5.